The van der Waals surface area contributed by atoms with Crippen LogP contribution in [0.1, 0.15) is 181 Å². The van der Waals surface area contributed by atoms with Crippen LogP contribution in [0.4, 0.5) is 0 Å². The number of carbonyl (C=O) groups excluding carboxylic acids is 1. The molecule has 8 atom stereocenters. The second-order valence-electron chi connectivity index (χ2n) is 15.4. The summed E-state index contributed by atoms with van der Waals surface area (Å²) in [6, 6.07) is -1.11. The van der Waals surface area contributed by atoms with Gasteiger partial charge in [-0.2, -0.15) is 8.42 Å². The summed E-state index contributed by atoms with van der Waals surface area (Å²) in [6.45, 7) is 3.19. The van der Waals surface area contributed by atoms with Crippen molar-refractivity contribution < 1.29 is 57.0 Å². The van der Waals surface area contributed by atoms with Crippen LogP contribution in [0.5, 0.6) is 0 Å². The topological polar surface area (TPSA) is 212 Å². The van der Waals surface area contributed by atoms with E-state index in [1.807, 2.05) is 6.08 Å². The second-order valence-corrected chi connectivity index (χ2v) is 16.5. The monoisotopic (exact) mass is 810 g/mol. The third-order valence-electron chi connectivity index (χ3n) is 10.4. The maximum atomic E-state index is 13.1. The number of allylic oxidation sites excluding steroid dienone is 1. The summed E-state index contributed by atoms with van der Waals surface area (Å²) in [5.74, 6) is -0.702. The molecule has 7 N–H and O–H groups in total. The van der Waals surface area contributed by atoms with E-state index in [1.54, 1.807) is 0 Å². The molecule has 1 rings (SSSR count). The van der Waals surface area contributed by atoms with Gasteiger partial charge in [0, 0.05) is 0 Å². The Balaban J connectivity index is 2.63. The number of rotatable bonds is 36. The Bertz CT molecular complexity index is 1060. The van der Waals surface area contributed by atoms with Crippen molar-refractivity contribution in [3.8, 4) is 0 Å². The van der Waals surface area contributed by atoms with Crippen LogP contribution >= 0.6 is 0 Å². The van der Waals surface area contributed by atoms with Gasteiger partial charge in [-0.25, -0.2) is 4.18 Å². The molecule has 13 nitrogen and oxygen atoms in total. The van der Waals surface area contributed by atoms with E-state index in [9.17, 15) is 38.7 Å². The Morgan fingerprint density at radius 2 is 1.18 bits per heavy atom. The maximum absolute atomic E-state index is 13.1. The van der Waals surface area contributed by atoms with Crippen LogP contribution in [-0.4, -0.2) is 107 Å². The van der Waals surface area contributed by atoms with E-state index in [0.29, 0.717) is 12.8 Å². The Morgan fingerprint density at radius 3 is 1.64 bits per heavy atom. The number of unbranched alkanes of at least 4 members (excludes halogenated alkanes) is 23. The van der Waals surface area contributed by atoms with Gasteiger partial charge in [0.1, 0.15) is 30.5 Å². The van der Waals surface area contributed by atoms with E-state index < -0.39 is 78.5 Å². The molecule has 0 spiro atoms. The summed E-state index contributed by atoms with van der Waals surface area (Å²) in [5, 5.41) is 55.0. The van der Waals surface area contributed by atoms with Crippen LogP contribution in [0.3, 0.4) is 0 Å². The van der Waals surface area contributed by atoms with E-state index in [2.05, 4.69) is 23.3 Å². The molecule has 8 unspecified atom stereocenters. The lowest BCUT2D eigenvalue weighted by Gasteiger charge is -2.41. The van der Waals surface area contributed by atoms with Crippen molar-refractivity contribution in [2.24, 2.45) is 0 Å². The fraction of sp³-hybridized carbons (Fsp3) is 0.927. The minimum absolute atomic E-state index is 0.247. The minimum atomic E-state index is -5.11. The smallest absolute Gasteiger partial charge is 0.394 e. The summed E-state index contributed by atoms with van der Waals surface area (Å²) in [6.07, 6.45) is 21.6. The third kappa shape index (κ3) is 25.7. The lowest BCUT2D eigenvalue weighted by atomic mass is 9.99. The van der Waals surface area contributed by atoms with Gasteiger partial charge < -0.3 is 40.3 Å². The van der Waals surface area contributed by atoms with Gasteiger partial charge in [0.05, 0.1) is 25.4 Å². The SMILES string of the molecule is CCCCCCCCCCCC/C=C/C(O)C(COC1OC(CO)C(O)C(OS(=O)(=O)O)C1O)NC(=O)C(O)CCCCCCCCCCCCCCCC. The van der Waals surface area contributed by atoms with Crippen molar-refractivity contribution in [3.05, 3.63) is 12.2 Å². The molecule has 1 aliphatic rings. The van der Waals surface area contributed by atoms with Gasteiger partial charge in [-0.15, -0.1) is 0 Å². The molecule has 0 aliphatic carbocycles. The molecule has 14 heteroatoms. The molecule has 0 aromatic heterocycles. The van der Waals surface area contributed by atoms with Crippen molar-refractivity contribution in [1.82, 2.24) is 5.32 Å². The summed E-state index contributed by atoms with van der Waals surface area (Å²) in [5.41, 5.74) is 0. The number of amides is 1. The summed E-state index contributed by atoms with van der Waals surface area (Å²) >= 11 is 0. The lowest BCUT2D eigenvalue weighted by Crippen LogP contribution is -2.61. The van der Waals surface area contributed by atoms with Gasteiger partial charge in [-0.05, 0) is 19.3 Å². The highest BCUT2D eigenvalue weighted by Gasteiger charge is 2.48. The van der Waals surface area contributed by atoms with Crippen LogP contribution in [0, 0.1) is 0 Å². The molecule has 1 aliphatic heterocycles. The number of ether oxygens (including phenoxy) is 2. The van der Waals surface area contributed by atoms with E-state index >= 15 is 0 Å². The molecule has 1 fully saturated rings. The maximum Gasteiger partial charge on any atom is 0.397 e. The predicted molar refractivity (Wildman–Crippen MR) is 215 cm³/mol. The normalized spacial score (nSPS) is 22.2. The van der Waals surface area contributed by atoms with Crippen molar-refractivity contribution >= 4 is 16.3 Å². The van der Waals surface area contributed by atoms with Gasteiger partial charge in [0.2, 0.25) is 5.91 Å². The molecule has 326 valence electrons. The van der Waals surface area contributed by atoms with Gasteiger partial charge in [-0.1, -0.05) is 174 Å². The highest BCUT2D eigenvalue weighted by atomic mass is 32.3. The second kappa shape index (κ2) is 32.7. The van der Waals surface area contributed by atoms with Gasteiger partial charge >= 0.3 is 10.4 Å². The average molecular weight is 810 g/mol. The fourth-order valence-corrected chi connectivity index (χ4v) is 7.44. The first-order chi connectivity index (χ1) is 26.4. The van der Waals surface area contributed by atoms with Crippen LogP contribution < -0.4 is 5.32 Å². The first-order valence-electron chi connectivity index (χ1n) is 21.7. The molecule has 1 saturated heterocycles. The average Bonchev–Trinajstić information content (AvgIpc) is 3.15. The lowest BCUT2D eigenvalue weighted by molar-refractivity contribution is -0.298. The minimum Gasteiger partial charge on any atom is -0.394 e. The number of hydrogen-bond donors (Lipinski definition) is 7. The standard InChI is InChI=1S/C41H79NO12S/c1-3-5-7-9-11-13-15-17-18-20-22-24-26-28-30-35(45)40(48)42-33(34(44)29-27-25-23-21-19-16-14-12-10-8-6-4-2)32-52-41-38(47)39(54-55(49,50)51)37(46)36(31-43)53-41/h27,29,33-39,41,43-47H,3-26,28,30-32H2,1-2H3,(H,42,48)(H,49,50,51)/b29-27+. The summed E-state index contributed by atoms with van der Waals surface area (Å²) in [4.78, 5) is 13.1. The first kappa shape index (κ1) is 51.8. The quantitative estimate of drug-likeness (QED) is 0.0203. The Morgan fingerprint density at radius 1 is 0.727 bits per heavy atom. The van der Waals surface area contributed by atoms with Crippen molar-refractivity contribution in [2.75, 3.05) is 13.2 Å². The molecule has 1 heterocycles. The number of nitrogens with one attached hydrogen (secondary N) is 1. The van der Waals surface area contributed by atoms with Gasteiger partial charge in [0.15, 0.2) is 6.29 Å². The molecule has 1 amide bonds. The number of aliphatic hydroxyl groups is 5. The molecule has 0 bridgehead atoms. The molecule has 0 saturated carbocycles. The molecule has 0 aromatic carbocycles. The van der Waals surface area contributed by atoms with Crippen molar-refractivity contribution in [1.29, 1.82) is 0 Å². The fourth-order valence-electron chi connectivity index (χ4n) is 6.93. The number of hydrogen-bond acceptors (Lipinski definition) is 11. The highest BCUT2D eigenvalue weighted by molar-refractivity contribution is 7.80. The molecule has 0 aromatic rings. The van der Waals surface area contributed by atoms with Crippen LogP contribution in [0.2, 0.25) is 0 Å². The van der Waals surface area contributed by atoms with E-state index in [1.165, 1.54) is 115 Å². The summed E-state index contributed by atoms with van der Waals surface area (Å²) in [7, 11) is -5.11. The highest BCUT2D eigenvalue weighted by Crippen LogP contribution is 2.26. The van der Waals surface area contributed by atoms with Crippen molar-refractivity contribution in [3.63, 3.8) is 0 Å². The number of carbonyl (C=O) groups is 1. The molecular weight excluding hydrogens is 731 g/mol. The van der Waals surface area contributed by atoms with Gasteiger partial charge in [-0.3, -0.25) is 9.35 Å². The Kier molecular flexibility index (Phi) is 30.8. The van der Waals surface area contributed by atoms with E-state index in [-0.39, 0.29) is 6.42 Å². The zero-order valence-electron chi connectivity index (χ0n) is 34.1. The van der Waals surface area contributed by atoms with Crippen molar-refractivity contribution in [2.45, 2.75) is 230 Å². The van der Waals surface area contributed by atoms with E-state index in [4.69, 9.17) is 14.0 Å². The molecule has 55 heavy (non-hydrogen) atoms. The molecular formula is C41H79NO12S. The number of aliphatic hydroxyl groups excluding tert-OH is 5. The van der Waals surface area contributed by atoms with Crippen LogP contribution in [0.15, 0.2) is 12.2 Å². The zero-order valence-corrected chi connectivity index (χ0v) is 34.9. The molecule has 0 radical (unpaired) electrons. The zero-order chi connectivity index (χ0) is 40.7. The van der Waals surface area contributed by atoms with Gasteiger partial charge in [0.25, 0.3) is 0 Å². The van der Waals surface area contributed by atoms with Crippen LogP contribution in [0.25, 0.3) is 0 Å². The largest absolute Gasteiger partial charge is 0.397 e. The van der Waals surface area contributed by atoms with E-state index in [0.717, 1.165) is 38.5 Å². The Hall–Kier alpha value is -1.20. The summed E-state index contributed by atoms with van der Waals surface area (Å²) < 4.78 is 47.4. The van der Waals surface area contributed by atoms with Crippen LogP contribution in [-0.2, 0) is 28.9 Å². The first-order valence-corrected chi connectivity index (χ1v) is 23.0. The predicted octanol–water partition coefficient (Wildman–Crippen LogP) is 6.58. The Labute approximate surface area is 333 Å². The third-order valence-corrected chi connectivity index (χ3v) is 10.9.